The Balaban J connectivity index is 1.86. The van der Waals surface area contributed by atoms with E-state index in [1.165, 1.54) is 4.90 Å². The number of aryl methyl sites for hydroxylation is 1. The second-order valence-electron chi connectivity index (χ2n) is 8.30. The summed E-state index contributed by atoms with van der Waals surface area (Å²) in [5.41, 5.74) is 12.6. The number of nitrogen functional groups attached to an aromatic ring is 1. The Morgan fingerprint density at radius 1 is 1.12 bits per heavy atom. The zero-order valence-electron chi connectivity index (χ0n) is 19.5. The van der Waals surface area contributed by atoms with Gasteiger partial charge in [-0.25, -0.2) is 9.67 Å². The van der Waals surface area contributed by atoms with Crippen molar-refractivity contribution < 1.29 is 9.53 Å². The van der Waals surface area contributed by atoms with Gasteiger partial charge >= 0.3 is 0 Å². The fourth-order valence-corrected chi connectivity index (χ4v) is 3.80. The van der Waals surface area contributed by atoms with E-state index in [0.717, 1.165) is 45.4 Å². The number of fused-ring (bicyclic) bond motifs is 1. The average Bonchev–Trinajstić information content (AvgIpc) is 3.17. The molecule has 0 unspecified atom stereocenters. The van der Waals surface area contributed by atoms with Crippen LogP contribution < -0.4 is 5.73 Å². The van der Waals surface area contributed by atoms with Crippen molar-refractivity contribution in [2.24, 2.45) is 0 Å². The summed E-state index contributed by atoms with van der Waals surface area (Å²) in [6, 6.07) is 15.7. The summed E-state index contributed by atoms with van der Waals surface area (Å²) in [5, 5.41) is 5.79. The molecule has 170 valence electrons. The van der Waals surface area contributed by atoms with Gasteiger partial charge in [-0.15, -0.1) is 0 Å². The number of hydrogen-bond donors (Lipinski definition) is 1. The maximum absolute atomic E-state index is 12.6. The van der Waals surface area contributed by atoms with Crippen molar-refractivity contribution in [2.75, 3.05) is 26.4 Å². The molecule has 0 saturated carbocycles. The minimum absolute atomic E-state index is 0.134. The summed E-state index contributed by atoms with van der Waals surface area (Å²) in [7, 11) is 3.43. The third kappa shape index (κ3) is 4.45. The number of anilines is 1. The molecule has 0 aliphatic carbocycles. The topological polar surface area (TPSA) is 86.3 Å². The van der Waals surface area contributed by atoms with Crippen LogP contribution in [0, 0.1) is 6.92 Å². The molecular weight excluding hydrogens is 414 g/mol. The van der Waals surface area contributed by atoms with Crippen LogP contribution in [0.5, 0.6) is 0 Å². The van der Waals surface area contributed by atoms with Crippen molar-refractivity contribution >= 4 is 22.6 Å². The van der Waals surface area contributed by atoms with E-state index >= 15 is 0 Å². The third-order valence-electron chi connectivity index (χ3n) is 5.57. The van der Waals surface area contributed by atoms with E-state index < -0.39 is 0 Å². The number of hydrogen-bond acceptors (Lipinski definition) is 5. The molecule has 33 heavy (non-hydrogen) atoms. The number of pyridine rings is 1. The van der Waals surface area contributed by atoms with Crippen LogP contribution in [0.1, 0.15) is 29.3 Å². The predicted octanol–water partition coefficient (Wildman–Crippen LogP) is 4.74. The Morgan fingerprint density at radius 2 is 1.91 bits per heavy atom. The second kappa shape index (κ2) is 9.42. The lowest BCUT2D eigenvalue weighted by atomic mass is 9.99. The molecule has 2 aromatic heterocycles. The lowest BCUT2D eigenvalue weighted by Gasteiger charge is -2.13. The molecule has 0 fully saturated rings. The number of benzene rings is 2. The summed E-state index contributed by atoms with van der Waals surface area (Å²) in [6.07, 6.45) is 2.74. The minimum Gasteiger partial charge on any atom is -0.398 e. The summed E-state index contributed by atoms with van der Waals surface area (Å²) in [5.74, 6) is -0.134. The molecule has 0 aliphatic heterocycles. The molecule has 4 rings (SSSR count). The van der Waals surface area contributed by atoms with E-state index in [1.54, 1.807) is 31.0 Å². The maximum Gasteiger partial charge on any atom is 0.255 e. The van der Waals surface area contributed by atoms with Crippen molar-refractivity contribution in [2.45, 2.75) is 27.0 Å². The largest absolute Gasteiger partial charge is 0.398 e. The highest BCUT2D eigenvalue weighted by Crippen LogP contribution is 2.33. The van der Waals surface area contributed by atoms with Gasteiger partial charge in [-0.2, -0.15) is 5.10 Å². The van der Waals surface area contributed by atoms with Gasteiger partial charge in [-0.3, -0.25) is 4.79 Å². The molecule has 2 aromatic carbocycles. The van der Waals surface area contributed by atoms with E-state index in [4.69, 9.17) is 20.6 Å². The van der Waals surface area contributed by atoms with Crippen molar-refractivity contribution in [1.29, 1.82) is 0 Å². The normalized spacial score (nSPS) is 11.2. The standard InChI is InChI=1S/C26H29N5O2/c1-5-12-33-16-31-25-22(24(29-31)20-9-7-6-8-17(20)2)14-19(15-28-25)18-10-11-23(27)21(13-18)26(32)30(3)4/h6-11,13-15H,5,12,16,27H2,1-4H3. The van der Waals surface area contributed by atoms with Crippen LogP contribution in [0.25, 0.3) is 33.4 Å². The summed E-state index contributed by atoms with van der Waals surface area (Å²) in [6.45, 7) is 5.15. The number of nitrogens with two attached hydrogens (primary N) is 1. The summed E-state index contributed by atoms with van der Waals surface area (Å²) < 4.78 is 7.56. The fourth-order valence-electron chi connectivity index (χ4n) is 3.80. The molecule has 0 bridgehead atoms. The first-order valence-corrected chi connectivity index (χ1v) is 11.0. The smallest absolute Gasteiger partial charge is 0.255 e. The molecule has 7 nitrogen and oxygen atoms in total. The molecule has 4 aromatic rings. The van der Waals surface area contributed by atoms with Crippen molar-refractivity contribution in [1.82, 2.24) is 19.7 Å². The molecular formula is C26H29N5O2. The number of carbonyl (C=O) groups is 1. The molecule has 0 radical (unpaired) electrons. The number of ether oxygens (including phenoxy) is 1. The number of aromatic nitrogens is 3. The van der Waals surface area contributed by atoms with Gasteiger partial charge in [-0.1, -0.05) is 37.3 Å². The highest BCUT2D eigenvalue weighted by molar-refractivity contribution is 6.01. The number of rotatable bonds is 7. The zero-order valence-corrected chi connectivity index (χ0v) is 19.5. The second-order valence-corrected chi connectivity index (χ2v) is 8.30. The molecule has 1 amide bonds. The number of carbonyl (C=O) groups excluding carboxylic acids is 1. The van der Waals surface area contributed by atoms with Gasteiger partial charge in [0.05, 0.1) is 5.56 Å². The van der Waals surface area contributed by atoms with Gasteiger partial charge in [0, 0.05) is 49.1 Å². The Morgan fingerprint density at radius 3 is 2.64 bits per heavy atom. The monoisotopic (exact) mass is 443 g/mol. The Kier molecular flexibility index (Phi) is 6.42. The Hall–Kier alpha value is -3.71. The zero-order chi connectivity index (χ0) is 23.5. The van der Waals surface area contributed by atoms with Crippen LogP contribution in [0.3, 0.4) is 0 Å². The van der Waals surface area contributed by atoms with Crippen LogP contribution in [0.4, 0.5) is 5.69 Å². The van der Waals surface area contributed by atoms with E-state index in [-0.39, 0.29) is 5.91 Å². The minimum atomic E-state index is -0.134. The molecule has 0 saturated heterocycles. The van der Waals surface area contributed by atoms with Crippen LogP contribution in [-0.2, 0) is 11.5 Å². The predicted molar refractivity (Wildman–Crippen MR) is 132 cm³/mol. The first kappa shape index (κ1) is 22.5. The lowest BCUT2D eigenvalue weighted by Crippen LogP contribution is -2.22. The van der Waals surface area contributed by atoms with Crippen LogP contribution in [0.15, 0.2) is 54.7 Å². The maximum atomic E-state index is 12.6. The van der Waals surface area contributed by atoms with Gasteiger partial charge in [0.1, 0.15) is 12.4 Å². The van der Waals surface area contributed by atoms with Gasteiger partial charge in [0.15, 0.2) is 5.65 Å². The van der Waals surface area contributed by atoms with Crippen molar-refractivity contribution in [3.8, 4) is 22.4 Å². The van der Waals surface area contributed by atoms with Crippen molar-refractivity contribution in [3.63, 3.8) is 0 Å². The Labute approximate surface area is 193 Å². The molecule has 2 N–H and O–H groups in total. The molecule has 0 atom stereocenters. The highest BCUT2D eigenvalue weighted by Gasteiger charge is 2.18. The van der Waals surface area contributed by atoms with Gasteiger partial charge in [0.2, 0.25) is 0 Å². The average molecular weight is 444 g/mol. The number of amides is 1. The van der Waals surface area contributed by atoms with E-state index in [2.05, 4.69) is 32.0 Å². The van der Waals surface area contributed by atoms with E-state index in [9.17, 15) is 4.79 Å². The van der Waals surface area contributed by atoms with Crippen LogP contribution >= 0.6 is 0 Å². The van der Waals surface area contributed by atoms with Gasteiger partial charge in [-0.05, 0) is 42.7 Å². The summed E-state index contributed by atoms with van der Waals surface area (Å²) >= 11 is 0. The lowest BCUT2D eigenvalue weighted by molar-refractivity contribution is 0.0721. The Bertz CT molecular complexity index is 1310. The van der Waals surface area contributed by atoms with Gasteiger partial charge in [0.25, 0.3) is 5.91 Å². The molecule has 0 spiro atoms. The van der Waals surface area contributed by atoms with Crippen LogP contribution in [-0.4, -0.2) is 46.3 Å². The first-order valence-electron chi connectivity index (χ1n) is 11.0. The highest BCUT2D eigenvalue weighted by atomic mass is 16.5. The van der Waals surface area contributed by atoms with E-state index in [1.807, 2.05) is 24.3 Å². The van der Waals surface area contributed by atoms with E-state index in [0.29, 0.717) is 24.6 Å². The number of nitrogens with zero attached hydrogens (tertiary/aromatic N) is 4. The van der Waals surface area contributed by atoms with Crippen molar-refractivity contribution in [3.05, 3.63) is 65.9 Å². The van der Waals surface area contributed by atoms with Crippen LogP contribution in [0.2, 0.25) is 0 Å². The van der Waals surface area contributed by atoms with Gasteiger partial charge < -0.3 is 15.4 Å². The molecule has 0 aliphatic rings. The fraction of sp³-hybridized carbons (Fsp3) is 0.269. The summed E-state index contributed by atoms with van der Waals surface area (Å²) in [4.78, 5) is 18.8. The molecule has 2 heterocycles. The SMILES string of the molecule is CCCOCn1nc(-c2ccccc2C)c2cc(-c3ccc(N)c(C(=O)N(C)C)c3)cnc21. The first-order chi connectivity index (χ1) is 15.9. The molecule has 7 heteroatoms. The quantitative estimate of drug-likeness (QED) is 0.329. The third-order valence-corrected chi connectivity index (χ3v) is 5.57.